The van der Waals surface area contributed by atoms with Gasteiger partial charge in [0.15, 0.2) is 34.7 Å². The van der Waals surface area contributed by atoms with Gasteiger partial charge in [-0.25, -0.2) is 16.5 Å². The van der Waals surface area contributed by atoms with Gasteiger partial charge in [0.2, 0.25) is 0 Å². The van der Waals surface area contributed by atoms with Crippen molar-refractivity contribution in [1.29, 1.82) is 10.8 Å². The number of piperazine rings is 3. The molecule has 2 aromatic heterocycles. The Morgan fingerprint density at radius 2 is 0.904 bits per heavy atom. The third-order valence-corrected chi connectivity index (χ3v) is 24.0. The zero-order valence-electron chi connectivity index (χ0n) is 78.5. The van der Waals surface area contributed by atoms with Crippen molar-refractivity contribution in [3.8, 4) is 33.4 Å². The predicted molar refractivity (Wildman–Crippen MR) is 511 cm³/mol. The fraction of sp³-hybridized carbons (Fsp3) is 0.456. The second-order valence-electron chi connectivity index (χ2n) is 32.4. The van der Waals surface area contributed by atoms with Gasteiger partial charge in [-0.1, -0.05) is 101 Å². The van der Waals surface area contributed by atoms with Crippen LogP contribution in [-0.2, 0) is 91.1 Å². The second kappa shape index (κ2) is 53.1. The summed E-state index contributed by atoms with van der Waals surface area (Å²) in [5, 5.41) is 22.3. The molecule has 7 aliphatic rings. The maximum absolute atomic E-state index is 13.9. The summed E-state index contributed by atoms with van der Waals surface area (Å²) < 4.78 is 5.68. The quantitative estimate of drug-likeness (QED) is 0.0203. The molecule has 13 rings (SSSR count). The Morgan fingerprint density at radius 3 is 1.30 bits per heavy atom. The van der Waals surface area contributed by atoms with Crippen LogP contribution < -0.4 is 25.3 Å². The smallest absolute Gasteiger partial charge is 0.163 e. The van der Waals surface area contributed by atoms with Gasteiger partial charge in [-0.05, 0) is 242 Å². The van der Waals surface area contributed by atoms with E-state index in [1.165, 1.54) is 18.0 Å². The number of carbonyl (C=O) groups is 6. The third-order valence-electron chi connectivity index (χ3n) is 24.0. The molecule has 0 saturated carbocycles. The van der Waals surface area contributed by atoms with Gasteiger partial charge >= 0.3 is 0 Å². The number of anilines is 5. The van der Waals surface area contributed by atoms with Gasteiger partial charge in [0, 0.05) is 290 Å². The van der Waals surface area contributed by atoms with Crippen LogP contribution in [0.2, 0.25) is 0 Å². The van der Waals surface area contributed by atoms with Crippen LogP contribution in [0.5, 0.6) is 0 Å². The SMILES string of the molecule is CC.CC.CC.CCN(c1cc(-c2ccc(CN3CCN(C)CC3)cc2)cc(C(=O)CCC2=C(C)C=C(C)CC2=O)c1C)C1CCOCC1.C[CH-]N1CCN(c2ccc(-c3cc(NC)c(C=N)c(C(=O)CCC4=C(C)C=C(C)CC4=O)c3)cn2)CC1.C[CH-]Nc1cc(-c2ccc(N3CCN(C)CC3)nc2)cc(C(=O)CCC2=C(C)C=C(C)CC2=O)c1C=N.[Y].[Y]. The molecule has 666 valence electrons. The van der Waals surface area contributed by atoms with Gasteiger partial charge in [-0.2, -0.15) is 13.8 Å². The summed E-state index contributed by atoms with van der Waals surface area (Å²) in [5.74, 6) is 2.20. The van der Waals surface area contributed by atoms with E-state index in [0.29, 0.717) is 78.9 Å². The van der Waals surface area contributed by atoms with E-state index in [4.69, 9.17) is 25.5 Å². The first-order valence-corrected chi connectivity index (χ1v) is 44.9. The van der Waals surface area contributed by atoms with E-state index < -0.39 is 0 Å². The molecule has 0 spiro atoms. The Kier molecular flexibility index (Phi) is 44.9. The van der Waals surface area contributed by atoms with Gasteiger partial charge in [-0.15, -0.1) is 0 Å². The number of aromatic nitrogens is 2. The van der Waals surface area contributed by atoms with E-state index in [1.54, 1.807) is 13.6 Å². The number of nitrogens with one attached hydrogen (secondary N) is 4. The summed E-state index contributed by atoms with van der Waals surface area (Å²) in [6.07, 6.45) is 17.6. The molecule has 0 unspecified atom stereocenters. The maximum Gasteiger partial charge on any atom is 0.163 e. The number of ketones is 6. The first kappa shape index (κ1) is 106. The van der Waals surface area contributed by atoms with E-state index in [0.717, 1.165) is 235 Å². The molecule has 4 aromatic carbocycles. The predicted octanol–water partition coefficient (Wildman–Crippen LogP) is 20.3. The van der Waals surface area contributed by atoms with Gasteiger partial charge in [-0.3, -0.25) is 40.2 Å². The minimum atomic E-state index is -0.0825. The molecular weight excluding hydrogens is 1710 g/mol. The van der Waals surface area contributed by atoms with Crippen LogP contribution in [0, 0.1) is 30.8 Å². The minimum Gasteiger partial charge on any atom is -0.535 e. The van der Waals surface area contributed by atoms with Crippen molar-refractivity contribution in [3.63, 3.8) is 0 Å². The van der Waals surface area contributed by atoms with Gasteiger partial charge in [0.25, 0.3) is 0 Å². The number of hydrogen-bond donors (Lipinski definition) is 4. The maximum atomic E-state index is 13.9. The molecule has 0 amide bonds. The van der Waals surface area contributed by atoms with E-state index in [-0.39, 0.29) is 113 Å². The Hall–Kier alpha value is -8.01. The van der Waals surface area contributed by atoms with Gasteiger partial charge in [0.1, 0.15) is 11.6 Å². The minimum absolute atomic E-state index is 0. The Bertz CT molecular complexity index is 4860. The van der Waals surface area contributed by atoms with Crippen molar-refractivity contribution in [2.75, 3.05) is 145 Å². The molecule has 6 aromatic rings. The van der Waals surface area contributed by atoms with Crippen LogP contribution in [0.15, 0.2) is 166 Å². The third kappa shape index (κ3) is 29.0. The van der Waals surface area contributed by atoms with Crippen molar-refractivity contribution in [1.82, 2.24) is 29.6 Å². The van der Waals surface area contributed by atoms with E-state index >= 15 is 0 Å². The molecule has 3 aliphatic carbocycles. The number of carbonyl (C=O) groups excluding carboxylic acids is 6. The number of benzene rings is 4. The Morgan fingerprint density at radius 1 is 0.512 bits per heavy atom. The largest absolute Gasteiger partial charge is 0.535 e. The molecule has 4 saturated heterocycles. The zero-order chi connectivity index (χ0) is 89.6. The molecule has 6 heterocycles. The van der Waals surface area contributed by atoms with Crippen LogP contribution in [0.3, 0.4) is 0 Å². The Labute approximate surface area is 798 Å². The molecule has 4 N–H and O–H groups in total. The zero-order valence-corrected chi connectivity index (χ0v) is 84.2. The van der Waals surface area contributed by atoms with Crippen LogP contribution in [0.4, 0.5) is 28.7 Å². The number of rotatable bonds is 28. The van der Waals surface area contributed by atoms with Crippen LogP contribution in [0.25, 0.3) is 33.4 Å². The van der Waals surface area contributed by atoms with Crippen molar-refractivity contribution >= 4 is 75.8 Å². The second-order valence-corrected chi connectivity index (χ2v) is 32.4. The van der Waals surface area contributed by atoms with Gasteiger partial charge in [0.05, 0.1) is 0 Å². The molecular formula is C103H139N13O7Y2-2. The standard InChI is InChI=1S/C37H49N3O3.2C30H36N5O2.3C2H6.2Y/c1-6-40(32-13-19-43-20-14-32)35-24-31(30-9-7-29(8-10-30)25-39-17-15-38(5)16-18-39)23-34(28(35)4)36(41)12-11-33-27(3)21-26(2)22-37(33)42;1-5-32-27-17-23(22-6-9-30(33-19-22)35-12-10-34(4)11-13-35)16-25(26(27)18-31)28(36)8-7-24-21(3)14-20(2)15-29(24)37;1-5-34-10-12-35(13-11-34)30-9-6-22(19-33-30)23-16-25(26(18-31)27(17-23)32-4)28(36)8-7-24-21(3)14-20(2)15-29(24)37;3*1-2;;/h7-10,21,23-24,32H,6,11-20,22,25H2,1-5H3;2*5-6,9,14,16-19,31-32H,7-8,10-13,15H2,1-4H3;3*1-2H3;;/q;2*-1;;;;;. The molecule has 4 fully saturated rings. The van der Waals surface area contributed by atoms with Crippen LogP contribution in [-0.4, -0.2) is 202 Å². The summed E-state index contributed by atoms with van der Waals surface area (Å²) in [4.78, 5) is 105. The number of hydrogen-bond acceptors (Lipinski definition) is 20. The summed E-state index contributed by atoms with van der Waals surface area (Å²) >= 11 is 0. The van der Waals surface area contributed by atoms with Crippen LogP contribution in [0.1, 0.15) is 228 Å². The van der Waals surface area contributed by atoms with Crippen molar-refractivity contribution < 1.29 is 98.9 Å². The average Bonchev–Trinajstić information content (AvgIpc) is 0.797. The number of likely N-dealkylation sites (N-methyl/N-ethyl adjacent to an activating group) is 2. The number of nitrogens with zero attached hydrogens (tertiary/aromatic N) is 9. The fourth-order valence-corrected chi connectivity index (χ4v) is 17.2. The number of ether oxygens (including phenoxy) is 1. The summed E-state index contributed by atoms with van der Waals surface area (Å²) in [5.41, 5.74) is 21.8. The van der Waals surface area contributed by atoms with Gasteiger partial charge < -0.3 is 55.6 Å². The summed E-state index contributed by atoms with van der Waals surface area (Å²) in [7, 11) is 6.11. The molecule has 4 aliphatic heterocycles. The number of allylic oxidation sites excluding steroid dienone is 12. The van der Waals surface area contributed by atoms with E-state index in [9.17, 15) is 28.8 Å². The molecule has 20 nitrogen and oxygen atoms in total. The van der Waals surface area contributed by atoms with Crippen molar-refractivity contribution in [2.45, 2.75) is 194 Å². The van der Waals surface area contributed by atoms with Crippen LogP contribution >= 0.6 is 0 Å². The number of Topliss-reactive ketones (excluding diaryl/α,β-unsaturated/α-hetero) is 6. The van der Waals surface area contributed by atoms with Crippen molar-refractivity contribution in [3.05, 3.63) is 218 Å². The summed E-state index contributed by atoms with van der Waals surface area (Å²) in [6, 6.07) is 29.4. The Balaban J connectivity index is 0.000000280. The molecule has 2 radical (unpaired) electrons. The first-order chi connectivity index (χ1) is 59.4. The monoisotopic (exact) mass is 1850 g/mol. The summed E-state index contributed by atoms with van der Waals surface area (Å²) in [6.45, 7) is 51.5. The molecule has 0 bridgehead atoms. The fourth-order valence-electron chi connectivity index (χ4n) is 17.2. The van der Waals surface area contributed by atoms with E-state index in [2.05, 4.69) is 129 Å². The first-order valence-electron chi connectivity index (χ1n) is 44.9. The average molecular weight is 1850 g/mol. The molecule has 0 atom stereocenters. The number of pyridine rings is 2. The van der Waals surface area contributed by atoms with E-state index in [1.807, 2.05) is 163 Å². The normalized spacial score (nSPS) is 16.5. The van der Waals surface area contributed by atoms with Crippen molar-refractivity contribution in [2.24, 2.45) is 0 Å². The topological polar surface area (TPSA) is 232 Å². The molecule has 22 heteroatoms. The molecule has 125 heavy (non-hydrogen) atoms.